The maximum atomic E-state index is 13.9. The van der Waals surface area contributed by atoms with Crippen molar-refractivity contribution in [3.05, 3.63) is 28.3 Å². The summed E-state index contributed by atoms with van der Waals surface area (Å²) in [6, 6.07) is 0.959. The zero-order chi connectivity index (χ0) is 12.4. The second-order valence-electron chi connectivity index (χ2n) is 4.13. The van der Waals surface area contributed by atoms with Gasteiger partial charge in [0, 0.05) is 5.56 Å². The molecule has 5 heteroatoms. The molecule has 1 aliphatic heterocycles. The molecule has 1 aromatic carbocycles. The Balaban J connectivity index is 2.48. The van der Waals surface area contributed by atoms with E-state index in [2.05, 4.69) is 5.32 Å². The van der Waals surface area contributed by atoms with E-state index in [0.29, 0.717) is 0 Å². The van der Waals surface area contributed by atoms with Crippen molar-refractivity contribution in [1.82, 2.24) is 5.32 Å². The minimum absolute atomic E-state index is 0.0422. The maximum absolute atomic E-state index is 13.9. The Labute approximate surface area is 104 Å². The van der Waals surface area contributed by atoms with Gasteiger partial charge >= 0.3 is 0 Å². The summed E-state index contributed by atoms with van der Waals surface area (Å²) in [6.45, 7) is 1.59. The van der Waals surface area contributed by atoms with Crippen LogP contribution >= 0.6 is 11.6 Å². The Kier molecular flexibility index (Phi) is 3.84. The van der Waals surface area contributed by atoms with Crippen LogP contribution in [0.5, 0.6) is 5.75 Å². The van der Waals surface area contributed by atoms with Gasteiger partial charge in [0.25, 0.3) is 0 Å². The van der Waals surface area contributed by atoms with Crippen LogP contribution in [0.3, 0.4) is 0 Å². The van der Waals surface area contributed by atoms with Gasteiger partial charge in [0.05, 0.1) is 12.1 Å². The van der Waals surface area contributed by atoms with E-state index in [1.165, 1.54) is 7.11 Å². The van der Waals surface area contributed by atoms with Crippen molar-refractivity contribution in [3.8, 4) is 5.75 Å². The van der Waals surface area contributed by atoms with Crippen LogP contribution in [0.15, 0.2) is 6.07 Å². The first-order chi connectivity index (χ1) is 8.15. The van der Waals surface area contributed by atoms with Gasteiger partial charge in [0.15, 0.2) is 11.6 Å². The summed E-state index contributed by atoms with van der Waals surface area (Å²) in [7, 11) is 1.42. The van der Waals surface area contributed by atoms with Gasteiger partial charge in [0.2, 0.25) is 0 Å². The summed E-state index contributed by atoms with van der Waals surface area (Å²) in [5, 5.41) is 3.31. The molecule has 1 aromatic rings. The first kappa shape index (κ1) is 12.6. The molecule has 2 rings (SSSR count). The molecule has 1 N–H and O–H groups in total. The lowest BCUT2D eigenvalue weighted by Gasteiger charge is -2.25. The number of benzene rings is 1. The summed E-state index contributed by atoms with van der Waals surface area (Å²) in [5.74, 6) is -1.53. The summed E-state index contributed by atoms with van der Waals surface area (Å²) in [6.07, 6.45) is 1.51. The molecule has 1 saturated heterocycles. The first-order valence-corrected chi connectivity index (χ1v) is 5.95. The second kappa shape index (κ2) is 5.19. The fraction of sp³-hybridized carbons (Fsp3) is 0.500. The number of methoxy groups -OCH3 is 1. The molecule has 2 nitrogen and oxygen atoms in total. The van der Waals surface area contributed by atoms with Gasteiger partial charge < -0.3 is 10.1 Å². The van der Waals surface area contributed by atoms with Crippen molar-refractivity contribution < 1.29 is 13.5 Å². The zero-order valence-corrected chi connectivity index (χ0v) is 10.3. The average Bonchev–Trinajstić information content (AvgIpc) is 2.34. The summed E-state index contributed by atoms with van der Waals surface area (Å²) < 4.78 is 32.4. The molecule has 0 aromatic heterocycles. The predicted octanol–water partition coefficient (Wildman–Crippen LogP) is 3.09. The highest BCUT2D eigenvalue weighted by Gasteiger charge is 2.26. The van der Waals surface area contributed by atoms with Crippen LogP contribution in [0.1, 0.15) is 24.3 Å². The number of hydrogen-bond acceptors (Lipinski definition) is 2. The number of nitrogens with one attached hydrogen (secondary N) is 1. The van der Waals surface area contributed by atoms with Gasteiger partial charge in [-0.25, -0.2) is 8.78 Å². The van der Waals surface area contributed by atoms with E-state index in [4.69, 9.17) is 16.3 Å². The predicted molar refractivity (Wildman–Crippen MR) is 62.8 cm³/mol. The van der Waals surface area contributed by atoms with Crippen LogP contribution in [0.4, 0.5) is 8.78 Å². The molecule has 0 atom stereocenters. The number of halogens is 3. The Morgan fingerprint density at radius 1 is 1.35 bits per heavy atom. The minimum Gasteiger partial charge on any atom is -0.495 e. The van der Waals surface area contributed by atoms with E-state index in [1.807, 2.05) is 0 Å². The van der Waals surface area contributed by atoms with Crippen LogP contribution in [-0.4, -0.2) is 20.2 Å². The number of rotatable bonds is 2. The monoisotopic (exact) mass is 261 g/mol. The third-order valence-electron chi connectivity index (χ3n) is 3.11. The molecular weight excluding hydrogens is 248 g/mol. The molecule has 1 heterocycles. The Bertz CT molecular complexity index is 419. The van der Waals surface area contributed by atoms with Crippen LogP contribution < -0.4 is 10.1 Å². The van der Waals surface area contributed by atoms with E-state index in [0.717, 1.165) is 32.0 Å². The third-order valence-corrected chi connectivity index (χ3v) is 3.39. The Morgan fingerprint density at radius 3 is 2.59 bits per heavy atom. The van der Waals surface area contributed by atoms with Gasteiger partial charge in [0.1, 0.15) is 5.75 Å². The highest BCUT2D eigenvalue weighted by atomic mass is 35.5. The van der Waals surface area contributed by atoms with Crippen LogP contribution in [-0.2, 0) is 0 Å². The lowest BCUT2D eigenvalue weighted by atomic mass is 9.89. The zero-order valence-electron chi connectivity index (χ0n) is 9.53. The first-order valence-electron chi connectivity index (χ1n) is 5.57. The molecule has 0 aliphatic carbocycles. The standard InChI is InChI=1S/C12H14ClF2NO/c1-17-12-8(13)6-9(14)11(15)10(12)7-2-4-16-5-3-7/h6-7,16H,2-5H2,1H3. The lowest BCUT2D eigenvalue weighted by Crippen LogP contribution is -2.27. The molecule has 1 aliphatic rings. The number of ether oxygens (including phenoxy) is 1. The van der Waals surface area contributed by atoms with Crippen molar-refractivity contribution >= 4 is 11.6 Å². The van der Waals surface area contributed by atoms with Gasteiger partial charge in [-0.15, -0.1) is 0 Å². The smallest absolute Gasteiger partial charge is 0.166 e. The van der Waals surface area contributed by atoms with Crippen molar-refractivity contribution in [2.75, 3.05) is 20.2 Å². The van der Waals surface area contributed by atoms with Crippen molar-refractivity contribution in [1.29, 1.82) is 0 Å². The normalized spacial score (nSPS) is 17.2. The van der Waals surface area contributed by atoms with Crippen LogP contribution in [0.2, 0.25) is 5.02 Å². The summed E-state index contributed by atoms with van der Waals surface area (Å²) in [5.41, 5.74) is 0.277. The number of hydrogen-bond donors (Lipinski definition) is 1. The lowest BCUT2D eigenvalue weighted by molar-refractivity contribution is 0.373. The van der Waals surface area contributed by atoms with E-state index >= 15 is 0 Å². The van der Waals surface area contributed by atoms with E-state index in [-0.39, 0.29) is 22.3 Å². The fourth-order valence-electron chi connectivity index (χ4n) is 2.28. The Morgan fingerprint density at radius 2 is 2.00 bits per heavy atom. The topological polar surface area (TPSA) is 21.3 Å². The molecule has 0 radical (unpaired) electrons. The van der Waals surface area contributed by atoms with Gasteiger partial charge in [-0.3, -0.25) is 0 Å². The van der Waals surface area contributed by atoms with Crippen LogP contribution in [0.25, 0.3) is 0 Å². The highest BCUT2D eigenvalue weighted by Crippen LogP contribution is 2.40. The number of piperidine rings is 1. The van der Waals surface area contributed by atoms with E-state index < -0.39 is 11.6 Å². The van der Waals surface area contributed by atoms with Gasteiger partial charge in [-0.05, 0) is 37.9 Å². The molecule has 0 amide bonds. The fourth-order valence-corrected chi connectivity index (χ4v) is 2.55. The molecule has 0 unspecified atom stereocenters. The van der Waals surface area contributed by atoms with E-state index in [1.54, 1.807) is 0 Å². The quantitative estimate of drug-likeness (QED) is 0.826. The minimum atomic E-state index is -0.913. The molecular formula is C12H14ClF2NO. The van der Waals surface area contributed by atoms with Crippen LogP contribution in [0, 0.1) is 11.6 Å². The molecule has 1 fully saturated rings. The van der Waals surface area contributed by atoms with E-state index in [9.17, 15) is 8.78 Å². The molecule has 94 valence electrons. The molecule has 0 spiro atoms. The third kappa shape index (κ3) is 2.38. The largest absolute Gasteiger partial charge is 0.495 e. The SMILES string of the molecule is COc1c(Cl)cc(F)c(F)c1C1CCNCC1. The van der Waals surface area contributed by atoms with Crippen molar-refractivity contribution in [2.24, 2.45) is 0 Å². The molecule has 0 bridgehead atoms. The Hall–Kier alpha value is -0.870. The summed E-state index contributed by atoms with van der Waals surface area (Å²) in [4.78, 5) is 0. The second-order valence-corrected chi connectivity index (χ2v) is 4.53. The van der Waals surface area contributed by atoms with Crippen molar-refractivity contribution in [2.45, 2.75) is 18.8 Å². The highest BCUT2D eigenvalue weighted by molar-refractivity contribution is 6.32. The maximum Gasteiger partial charge on any atom is 0.166 e. The average molecular weight is 262 g/mol. The van der Waals surface area contributed by atoms with Gasteiger partial charge in [-0.1, -0.05) is 11.6 Å². The van der Waals surface area contributed by atoms with Gasteiger partial charge in [-0.2, -0.15) is 0 Å². The summed E-state index contributed by atoms with van der Waals surface area (Å²) >= 11 is 5.88. The molecule has 17 heavy (non-hydrogen) atoms. The molecule has 0 saturated carbocycles. The van der Waals surface area contributed by atoms with Crippen molar-refractivity contribution in [3.63, 3.8) is 0 Å².